The molecule has 3 N–H and O–H groups in total. The Labute approximate surface area is 112 Å². The van der Waals surface area contributed by atoms with Gasteiger partial charge in [0.2, 0.25) is 11.8 Å². The van der Waals surface area contributed by atoms with E-state index in [-0.39, 0.29) is 18.4 Å². The van der Waals surface area contributed by atoms with E-state index in [1.54, 1.807) is 45.3 Å². The summed E-state index contributed by atoms with van der Waals surface area (Å²) in [6.07, 6.45) is 0. The van der Waals surface area contributed by atoms with Crippen molar-refractivity contribution in [1.29, 1.82) is 0 Å². The highest BCUT2D eigenvalue weighted by atomic mass is 16.5. The summed E-state index contributed by atoms with van der Waals surface area (Å²) in [5.41, 5.74) is 0.681. The molecule has 0 heterocycles. The second-order valence-electron chi connectivity index (χ2n) is 3.99. The topological polar surface area (TPSA) is 79.5 Å². The summed E-state index contributed by atoms with van der Waals surface area (Å²) >= 11 is 0. The molecule has 1 aromatic carbocycles. The molecule has 0 saturated carbocycles. The van der Waals surface area contributed by atoms with Gasteiger partial charge in [0.25, 0.3) is 0 Å². The molecule has 2 amide bonds. The second kappa shape index (κ2) is 7.38. The Morgan fingerprint density at radius 1 is 1.26 bits per heavy atom. The van der Waals surface area contributed by atoms with Crippen molar-refractivity contribution < 1.29 is 14.3 Å². The van der Waals surface area contributed by atoms with Crippen molar-refractivity contribution >= 4 is 17.5 Å². The number of carbonyl (C=O) groups is 2. The highest BCUT2D eigenvalue weighted by molar-refractivity contribution is 5.92. The number of hydrogen-bond acceptors (Lipinski definition) is 4. The smallest absolute Gasteiger partial charge is 0.238 e. The fraction of sp³-hybridized carbons (Fsp3) is 0.385. The summed E-state index contributed by atoms with van der Waals surface area (Å²) in [7, 11) is 3.13. The van der Waals surface area contributed by atoms with E-state index >= 15 is 0 Å². The van der Waals surface area contributed by atoms with Crippen LogP contribution in [0.2, 0.25) is 0 Å². The molecular formula is C13H19N3O3. The molecule has 0 aliphatic rings. The van der Waals surface area contributed by atoms with Crippen molar-refractivity contribution in [2.24, 2.45) is 0 Å². The van der Waals surface area contributed by atoms with Gasteiger partial charge in [-0.05, 0) is 31.2 Å². The fourth-order valence-electron chi connectivity index (χ4n) is 1.43. The number of anilines is 1. The highest BCUT2D eigenvalue weighted by Gasteiger charge is 2.11. The van der Waals surface area contributed by atoms with Crippen LogP contribution in [0.3, 0.4) is 0 Å². The van der Waals surface area contributed by atoms with Gasteiger partial charge in [-0.1, -0.05) is 0 Å². The summed E-state index contributed by atoms with van der Waals surface area (Å²) in [6.45, 7) is 1.76. The van der Waals surface area contributed by atoms with Gasteiger partial charge in [0.15, 0.2) is 0 Å². The maximum Gasteiger partial charge on any atom is 0.238 e. The zero-order valence-corrected chi connectivity index (χ0v) is 11.3. The molecule has 6 nitrogen and oxygen atoms in total. The number of hydrogen-bond donors (Lipinski definition) is 3. The number of likely N-dealkylation sites (N-methyl/N-ethyl adjacent to an activating group) is 1. The molecule has 1 aromatic rings. The van der Waals surface area contributed by atoms with Crippen LogP contribution in [0.15, 0.2) is 24.3 Å². The summed E-state index contributed by atoms with van der Waals surface area (Å²) in [5, 5.41) is 8.05. The molecule has 104 valence electrons. The van der Waals surface area contributed by atoms with E-state index in [4.69, 9.17) is 4.74 Å². The minimum Gasteiger partial charge on any atom is -0.497 e. The first-order valence-electron chi connectivity index (χ1n) is 5.95. The maximum atomic E-state index is 11.6. The minimum absolute atomic E-state index is 0.0701. The quantitative estimate of drug-likeness (QED) is 0.694. The van der Waals surface area contributed by atoms with E-state index in [9.17, 15) is 9.59 Å². The third-order valence-electron chi connectivity index (χ3n) is 2.58. The molecule has 0 aromatic heterocycles. The van der Waals surface area contributed by atoms with Gasteiger partial charge in [0.05, 0.1) is 19.7 Å². The normalized spacial score (nSPS) is 11.5. The summed E-state index contributed by atoms with van der Waals surface area (Å²) in [5.74, 6) is 0.363. The highest BCUT2D eigenvalue weighted by Crippen LogP contribution is 2.14. The first kappa shape index (κ1) is 15.0. The van der Waals surface area contributed by atoms with Crippen molar-refractivity contribution in [1.82, 2.24) is 10.6 Å². The van der Waals surface area contributed by atoms with Crippen LogP contribution in [0.4, 0.5) is 5.69 Å². The number of benzene rings is 1. The van der Waals surface area contributed by atoms with Gasteiger partial charge < -0.3 is 15.4 Å². The van der Waals surface area contributed by atoms with Crippen LogP contribution in [0.1, 0.15) is 6.92 Å². The lowest BCUT2D eigenvalue weighted by atomic mass is 10.3. The lowest BCUT2D eigenvalue weighted by Crippen LogP contribution is -2.43. The van der Waals surface area contributed by atoms with Gasteiger partial charge >= 0.3 is 0 Å². The molecule has 19 heavy (non-hydrogen) atoms. The number of carbonyl (C=O) groups excluding carboxylic acids is 2. The summed E-state index contributed by atoms with van der Waals surface area (Å²) in [6, 6.07) is 6.61. The standard InChI is InChI=1S/C13H19N3O3/c1-9(13(18)14-2)15-8-12(17)16-10-4-6-11(19-3)7-5-10/h4-7,9,15H,8H2,1-3H3,(H,14,18)(H,16,17). The Kier molecular flexibility index (Phi) is 5.81. The molecule has 1 rings (SSSR count). The minimum atomic E-state index is -0.411. The molecule has 0 spiro atoms. The van der Waals surface area contributed by atoms with Crippen molar-refractivity contribution in [3.63, 3.8) is 0 Å². The molecule has 0 bridgehead atoms. The van der Waals surface area contributed by atoms with Crippen LogP contribution < -0.4 is 20.7 Å². The average Bonchev–Trinajstić information content (AvgIpc) is 2.44. The Hall–Kier alpha value is -2.08. The van der Waals surface area contributed by atoms with Crippen LogP contribution in [0.25, 0.3) is 0 Å². The molecule has 0 aliphatic heterocycles. The lowest BCUT2D eigenvalue weighted by Gasteiger charge is -2.12. The Balaban J connectivity index is 2.40. The lowest BCUT2D eigenvalue weighted by molar-refractivity contribution is -0.122. The molecule has 0 fully saturated rings. The molecule has 0 radical (unpaired) electrons. The van der Waals surface area contributed by atoms with Gasteiger partial charge in [-0.3, -0.25) is 14.9 Å². The monoisotopic (exact) mass is 265 g/mol. The third-order valence-corrected chi connectivity index (χ3v) is 2.58. The number of methoxy groups -OCH3 is 1. The van der Waals surface area contributed by atoms with Gasteiger partial charge in [0, 0.05) is 12.7 Å². The van der Waals surface area contributed by atoms with Crippen molar-refractivity contribution in [3.05, 3.63) is 24.3 Å². The Morgan fingerprint density at radius 2 is 1.89 bits per heavy atom. The van der Waals surface area contributed by atoms with E-state index in [1.165, 1.54) is 0 Å². The van der Waals surface area contributed by atoms with Crippen molar-refractivity contribution in [3.8, 4) is 5.75 Å². The van der Waals surface area contributed by atoms with Crippen molar-refractivity contribution in [2.75, 3.05) is 26.0 Å². The molecule has 1 unspecified atom stereocenters. The van der Waals surface area contributed by atoms with Crippen molar-refractivity contribution in [2.45, 2.75) is 13.0 Å². The molecule has 0 aliphatic carbocycles. The number of ether oxygens (including phenoxy) is 1. The molecule has 0 saturated heterocycles. The van der Waals surface area contributed by atoms with E-state index < -0.39 is 6.04 Å². The third kappa shape index (κ3) is 4.97. The number of nitrogens with one attached hydrogen (secondary N) is 3. The van der Waals surface area contributed by atoms with Crippen LogP contribution >= 0.6 is 0 Å². The SMILES string of the molecule is CNC(=O)C(C)NCC(=O)Nc1ccc(OC)cc1. The van der Waals surface area contributed by atoms with Crippen LogP contribution in [0.5, 0.6) is 5.75 Å². The predicted octanol–water partition coefficient (Wildman–Crippen LogP) is 0.358. The zero-order valence-electron chi connectivity index (χ0n) is 11.3. The van der Waals surface area contributed by atoms with E-state index in [1.807, 2.05) is 0 Å². The van der Waals surface area contributed by atoms with E-state index in [2.05, 4.69) is 16.0 Å². The first-order chi connectivity index (χ1) is 9.06. The molecule has 6 heteroatoms. The fourth-order valence-corrected chi connectivity index (χ4v) is 1.43. The maximum absolute atomic E-state index is 11.6. The van der Waals surface area contributed by atoms with E-state index in [0.717, 1.165) is 5.75 Å². The molecule has 1 atom stereocenters. The van der Waals surface area contributed by atoms with Gasteiger partial charge in [-0.15, -0.1) is 0 Å². The number of rotatable bonds is 6. The van der Waals surface area contributed by atoms with Crippen LogP contribution in [-0.4, -0.2) is 38.6 Å². The van der Waals surface area contributed by atoms with E-state index in [0.29, 0.717) is 5.69 Å². The summed E-state index contributed by atoms with van der Waals surface area (Å²) < 4.78 is 5.02. The number of amides is 2. The summed E-state index contributed by atoms with van der Waals surface area (Å²) in [4.78, 5) is 22.9. The second-order valence-corrected chi connectivity index (χ2v) is 3.99. The Bertz CT molecular complexity index is 431. The average molecular weight is 265 g/mol. The van der Waals surface area contributed by atoms with Gasteiger partial charge in [0.1, 0.15) is 5.75 Å². The Morgan fingerprint density at radius 3 is 2.42 bits per heavy atom. The van der Waals surface area contributed by atoms with Gasteiger partial charge in [-0.25, -0.2) is 0 Å². The predicted molar refractivity (Wildman–Crippen MR) is 73.2 cm³/mol. The first-order valence-corrected chi connectivity index (χ1v) is 5.95. The van der Waals surface area contributed by atoms with Crippen LogP contribution in [-0.2, 0) is 9.59 Å². The zero-order chi connectivity index (χ0) is 14.3. The molecular weight excluding hydrogens is 246 g/mol. The largest absolute Gasteiger partial charge is 0.497 e. The van der Waals surface area contributed by atoms with Crippen LogP contribution in [0, 0.1) is 0 Å². The van der Waals surface area contributed by atoms with Gasteiger partial charge in [-0.2, -0.15) is 0 Å².